The maximum Gasteiger partial charge on any atom is 0.237 e. The molecule has 5 nitrogen and oxygen atoms in total. The minimum absolute atomic E-state index is 0.227. The summed E-state index contributed by atoms with van der Waals surface area (Å²) in [5.41, 5.74) is 0. The number of rotatable bonds is 2. The first-order valence-corrected chi connectivity index (χ1v) is 5.42. The SMILES string of the molecule is CS(=O)(=O)C1(c2nnco2)CC1. The molecule has 66 valence electrons. The molecule has 0 saturated heterocycles. The Morgan fingerprint density at radius 1 is 1.58 bits per heavy atom. The van der Waals surface area contributed by atoms with Crippen molar-refractivity contribution in [3.8, 4) is 0 Å². The maximum atomic E-state index is 11.3. The van der Waals surface area contributed by atoms with Crippen LogP contribution in [0.25, 0.3) is 0 Å². The van der Waals surface area contributed by atoms with E-state index >= 15 is 0 Å². The standard InChI is InChI=1S/C6H8N2O3S/c1-12(9,10)6(2-3-6)5-8-7-4-11-5/h4H,2-3H2,1H3. The highest BCUT2D eigenvalue weighted by Crippen LogP contribution is 2.51. The first-order valence-electron chi connectivity index (χ1n) is 3.52. The molecule has 1 aromatic heterocycles. The van der Waals surface area contributed by atoms with E-state index in [1.54, 1.807) is 0 Å². The smallest absolute Gasteiger partial charge is 0.237 e. The van der Waals surface area contributed by atoms with E-state index in [0.29, 0.717) is 12.8 Å². The third kappa shape index (κ3) is 0.874. The Morgan fingerprint density at radius 3 is 2.58 bits per heavy atom. The molecule has 0 atom stereocenters. The largest absolute Gasteiger partial charge is 0.426 e. The van der Waals surface area contributed by atoms with Gasteiger partial charge in [-0.05, 0) is 12.8 Å². The second-order valence-corrected chi connectivity index (χ2v) is 5.34. The topological polar surface area (TPSA) is 73.1 Å². The van der Waals surface area contributed by atoms with Crippen LogP contribution in [0.5, 0.6) is 0 Å². The van der Waals surface area contributed by atoms with E-state index in [-0.39, 0.29) is 5.89 Å². The van der Waals surface area contributed by atoms with Crippen LogP contribution in [0.2, 0.25) is 0 Å². The van der Waals surface area contributed by atoms with Gasteiger partial charge < -0.3 is 4.42 Å². The number of sulfone groups is 1. The molecule has 0 spiro atoms. The van der Waals surface area contributed by atoms with Crippen molar-refractivity contribution in [2.45, 2.75) is 17.6 Å². The van der Waals surface area contributed by atoms with Crippen LogP contribution in [0.3, 0.4) is 0 Å². The Kier molecular flexibility index (Phi) is 1.33. The van der Waals surface area contributed by atoms with Crippen molar-refractivity contribution >= 4 is 9.84 Å². The fourth-order valence-electron chi connectivity index (χ4n) is 1.23. The van der Waals surface area contributed by atoms with E-state index in [9.17, 15) is 8.42 Å². The van der Waals surface area contributed by atoms with E-state index in [1.165, 1.54) is 6.26 Å². The molecule has 0 radical (unpaired) electrons. The zero-order valence-electron chi connectivity index (χ0n) is 6.52. The van der Waals surface area contributed by atoms with Gasteiger partial charge in [-0.3, -0.25) is 0 Å². The van der Waals surface area contributed by atoms with Crippen LogP contribution in [-0.4, -0.2) is 24.9 Å². The monoisotopic (exact) mass is 188 g/mol. The molecule has 0 unspecified atom stereocenters. The average Bonchev–Trinajstić information content (AvgIpc) is 2.61. The van der Waals surface area contributed by atoms with Gasteiger partial charge in [0, 0.05) is 6.26 Å². The van der Waals surface area contributed by atoms with Crippen LogP contribution in [0.4, 0.5) is 0 Å². The first kappa shape index (κ1) is 7.72. The normalized spacial score (nSPS) is 20.8. The van der Waals surface area contributed by atoms with Gasteiger partial charge >= 0.3 is 0 Å². The van der Waals surface area contributed by atoms with Crippen LogP contribution in [0.1, 0.15) is 18.7 Å². The molecule has 0 amide bonds. The van der Waals surface area contributed by atoms with Crippen molar-refractivity contribution in [1.29, 1.82) is 0 Å². The first-order chi connectivity index (χ1) is 5.56. The summed E-state index contributed by atoms with van der Waals surface area (Å²) in [6.07, 6.45) is 3.53. The van der Waals surface area contributed by atoms with Gasteiger partial charge in [0.05, 0.1) is 0 Å². The van der Waals surface area contributed by atoms with Crippen LogP contribution in [-0.2, 0) is 14.6 Å². The van der Waals surface area contributed by atoms with Gasteiger partial charge in [-0.2, -0.15) is 0 Å². The van der Waals surface area contributed by atoms with Gasteiger partial charge in [-0.15, -0.1) is 10.2 Å². The molecule has 1 heterocycles. The van der Waals surface area contributed by atoms with Crippen LogP contribution < -0.4 is 0 Å². The Labute approximate surface area is 69.7 Å². The van der Waals surface area contributed by atoms with Crippen LogP contribution >= 0.6 is 0 Å². The lowest BCUT2D eigenvalue weighted by atomic mass is 10.4. The molecule has 1 aliphatic carbocycles. The Balaban J connectivity index is 2.49. The van der Waals surface area contributed by atoms with E-state index in [0.717, 1.165) is 6.39 Å². The molecule has 0 bridgehead atoms. The summed E-state index contributed by atoms with van der Waals surface area (Å²) in [6, 6.07) is 0. The summed E-state index contributed by atoms with van der Waals surface area (Å²) < 4.78 is 26.6. The van der Waals surface area contributed by atoms with E-state index in [4.69, 9.17) is 4.42 Å². The molecule has 1 saturated carbocycles. The molecule has 1 fully saturated rings. The van der Waals surface area contributed by atoms with E-state index in [1.807, 2.05) is 0 Å². The molecule has 2 rings (SSSR count). The number of hydrogen-bond donors (Lipinski definition) is 0. The summed E-state index contributed by atoms with van der Waals surface area (Å²) in [6.45, 7) is 0. The molecule has 12 heavy (non-hydrogen) atoms. The summed E-state index contributed by atoms with van der Waals surface area (Å²) in [5.74, 6) is 0.227. The Hall–Kier alpha value is -0.910. The second kappa shape index (κ2) is 2.07. The lowest BCUT2D eigenvalue weighted by molar-refractivity contribution is 0.471. The number of aromatic nitrogens is 2. The van der Waals surface area contributed by atoms with Crippen molar-refractivity contribution in [1.82, 2.24) is 10.2 Å². The van der Waals surface area contributed by atoms with Gasteiger partial charge in [0.15, 0.2) is 9.84 Å². The van der Waals surface area contributed by atoms with Gasteiger partial charge in [0.1, 0.15) is 4.75 Å². The Morgan fingerprint density at radius 2 is 2.25 bits per heavy atom. The predicted molar refractivity (Wildman–Crippen MR) is 40.1 cm³/mol. The highest BCUT2D eigenvalue weighted by molar-refractivity contribution is 7.91. The lowest BCUT2D eigenvalue weighted by Crippen LogP contribution is -2.19. The van der Waals surface area contributed by atoms with Crippen molar-refractivity contribution < 1.29 is 12.8 Å². The summed E-state index contributed by atoms with van der Waals surface area (Å²) in [7, 11) is -3.11. The van der Waals surface area contributed by atoms with Gasteiger partial charge in [0.2, 0.25) is 12.3 Å². The average molecular weight is 188 g/mol. The Bertz CT molecular complexity index is 377. The molecule has 0 aromatic carbocycles. The molecular weight excluding hydrogens is 180 g/mol. The summed E-state index contributed by atoms with van der Waals surface area (Å²) in [4.78, 5) is 0. The zero-order chi connectivity index (χ0) is 8.82. The molecule has 0 N–H and O–H groups in total. The lowest BCUT2D eigenvalue weighted by Gasteiger charge is -2.05. The van der Waals surface area contributed by atoms with Gasteiger partial charge in [-0.25, -0.2) is 8.42 Å². The minimum Gasteiger partial charge on any atom is -0.426 e. The van der Waals surface area contributed by atoms with Crippen molar-refractivity contribution in [3.63, 3.8) is 0 Å². The fourth-order valence-corrected chi connectivity index (χ4v) is 2.48. The quantitative estimate of drug-likeness (QED) is 0.658. The third-order valence-corrected chi connectivity index (χ3v) is 4.17. The number of hydrogen-bond acceptors (Lipinski definition) is 5. The van der Waals surface area contributed by atoms with E-state index < -0.39 is 14.6 Å². The van der Waals surface area contributed by atoms with Crippen molar-refractivity contribution in [2.24, 2.45) is 0 Å². The van der Waals surface area contributed by atoms with Crippen LogP contribution in [0.15, 0.2) is 10.8 Å². The van der Waals surface area contributed by atoms with Crippen molar-refractivity contribution in [3.05, 3.63) is 12.3 Å². The summed E-state index contributed by atoms with van der Waals surface area (Å²) in [5, 5.41) is 7.08. The molecule has 1 aliphatic rings. The molecular formula is C6H8N2O3S. The molecule has 1 aromatic rings. The third-order valence-electron chi connectivity index (χ3n) is 2.16. The van der Waals surface area contributed by atoms with Crippen molar-refractivity contribution in [2.75, 3.05) is 6.26 Å². The zero-order valence-corrected chi connectivity index (χ0v) is 7.34. The van der Waals surface area contributed by atoms with Gasteiger partial charge in [0.25, 0.3) is 0 Å². The maximum absolute atomic E-state index is 11.3. The van der Waals surface area contributed by atoms with Gasteiger partial charge in [-0.1, -0.05) is 0 Å². The minimum atomic E-state index is -3.11. The molecule has 6 heteroatoms. The highest BCUT2D eigenvalue weighted by atomic mass is 32.2. The number of nitrogens with zero attached hydrogens (tertiary/aromatic N) is 2. The van der Waals surface area contributed by atoms with E-state index in [2.05, 4.69) is 10.2 Å². The van der Waals surface area contributed by atoms with Crippen LogP contribution in [0, 0.1) is 0 Å². The predicted octanol–water partition coefficient (Wildman–Crippen LogP) is 0.103. The molecule has 0 aliphatic heterocycles. The summed E-state index contributed by atoms with van der Waals surface area (Å²) >= 11 is 0. The highest BCUT2D eigenvalue weighted by Gasteiger charge is 2.57. The second-order valence-electron chi connectivity index (χ2n) is 3.01. The fraction of sp³-hybridized carbons (Fsp3) is 0.667.